The zero-order chi connectivity index (χ0) is 14.2. The van der Waals surface area contributed by atoms with Gasteiger partial charge in [0, 0.05) is 0 Å². The normalized spacial score (nSPS) is 11.3. The second kappa shape index (κ2) is 16.8. The molecule has 113 valence electrons. The van der Waals surface area contributed by atoms with Crippen LogP contribution >= 0.6 is 0 Å². The second-order valence-corrected chi connectivity index (χ2v) is 7.31. The van der Waals surface area contributed by atoms with Crippen LogP contribution in [0.1, 0.15) is 104 Å². The molecule has 0 spiro atoms. The molecule has 19 heavy (non-hydrogen) atoms. The molecule has 0 heterocycles. The van der Waals surface area contributed by atoms with Crippen molar-refractivity contribution in [1.82, 2.24) is 0 Å². The third kappa shape index (κ3) is 18.7. The molecule has 0 atom stereocenters. The van der Waals surface area contributed by atoms with Gasteiger partial charge in [-0.05, 0) is 5.92 Å². The molecule has 0 N–H and O–H groups in total. The van der Waals surface area contributed by atoms with E-state index in [4.69, 9.17) is 0 Å². The van der Waals surface area contributed by atoms with Gasteiger partial charge in [-0.3, -0.25) is 0 Å². The van der Waals surface area contributed by atoms with Crippen LogP contribution in [0.5, 0.6) is 0 Å². The topological polar surface area (TPSA) is 0 Å². The summed E-state index contributed by atoms with van der Waals surface area (Å²) in [6.45, 7) is 4.67. The summed E-state index contributed by atoms with van der Waals surface area (Å²) in [6, 6.07) is 0. The van der Waals surface area contributed by atoms with Crippen molar-refractivity contribution in [3.05, 3.63) is 0 Å². The summed E-state index contributed by atoms with van der Waals surface area (Å²) >= 11 is 2.29. The Balaban J connectivity index is 2.91. The van der Waals surface area contributed by atoms with E-state index in [0.29, 0.717) is 0 Å². The average molecular weight is 301 g/mol. The van der Waals surface area contributed by atoms with Crippen molar-refractivity contribution >= 4 is 0 Å². The summed E-state index contributed by atoms with van der Waals surface area (Å²) in [5, 5.41) is 0. The third-order valence-corrected chi connectivity index (χ3v) is 4.51. The van der Waals surface area contributed by atoms with Gasteiger partial charge in [0.05, 0.1) is 0 Å². The summed E-state index contributed by atoms with van der Waals surface area (Å²) < 4.78 is 1.37. The predicted molar refractivity (Wildman–Crippen MR) is 84.3 cm³/mol. The minimum absolute atomic E-state index is 0.900. The number of rotatable bonds is 15. The Kier molecular flexibility index (Phi) is 17.4. The Labute approximate surface area is 134 Å². The van der Waals surface area contributed by atoms with Crippen molar-refractivity contribution in [3.8, 4) is 0 Å². The van der Waals surface area contributed by atoms with Gasteiger partial charge in [0.1, 0.15) is 0 Å². The van der Waals surface area contributed by atoms with Gasteiger partial charge in [0.25, 0.3) is 0 Å². The van der Waals surface area contributed by atoms with E-state index < -0.39 is 0 Å². The fourth-order valence-electron chi connectivity index (χ4n) is 2.62. The molecule has 0 aromatic carbocycles. The fraction of sp³-hybridized carbons (Fsp3) is 1.00. The van der Waals surface area contributed by atoms with Gasteiger partial charge in [0.2, 0.25) is 0 Å². The van der Waals surface area contributed by atoms with Gasteiger partial charge < -0.3 is 0 Å². The van der Waals surface area contributed by atoms with Crippen LogP contribution in [0.25, 0.3) is 0 Å². The summed E-state index contributed by atoms with van der Waals surface area (Å²) in [6.07, 6.45) is 20.6. The van der Waals surface area contributed by atoms with E-state index >= 15 is 0 Å². The van der Waals surface area contributed by atoms with E-state index in [1.807, 2.05) is 0 Å². The SMILES string of the molecule is CC(C)CCCCCCCCCCCCCC[CH2][Ti]. The first kappa shape index (κ1) is 19.7. The summed E-state index contributed by atoms with van der Waals surface area (Å²) in [4.78, 5) is 0. The Morgan fingerprint density at radius 1 is 0.526 bits per heavy atom. The van der Waals surface area contributed by atoms with E-state index in [1.165, 1.54) is 94.6 Å². The molecule has 0 rings (SSSR count). The third-order valence-electron chi connectivity index (χ3n) is 3.96. The number of hydrogen-bond donors (Lipinski definition) is 0. The van der Waals surface area contributed by atoms with Gasteiger partial charge in [0.15, 0.2) is 0 Å². The first-order valence-electron chi connectivity index (χ1n) is 8.92. The molecule has 0 aliphatic rings. The standard InChI is InChI=1S/C18H37.Ti/c1-4-5-6-7-8-9-10-11-12-13-14-15-16-17-18(2)3;/h18H,1,4-17H2,2-3H3;. The van der Waals surface area contributed by atoms with Crippen LogP contribution in [-0.2, 0) is 20.4 Å². The van der Waals surface area contributed by atoms with Crippen LogP contribution in [0.4, 0.5) is 0 Å². The van der Waals surface area contributed by atoms with E-state index in [0.717, 1.165) is 5.92 Å². The Hall–Kier alpha value is 0.714. The minimum atomic E-state index is 0.900. The Morgan fingerprint density at radius 3 is 1.16 bits per heavy atom. The second-order valence-electron chi connectivity index (χ2n) is 6.53. The molecular weight excluding hydrogens is 264 g/mol. The molecule has 0 unspecified atom stereocenters. The van der Waals surface area contributed by atoms with Crippen molar-refractivity contribution < 1.29 is 20.4 Å². The maximum atomic E-state index is 2.34. The van der Waals surface area contributed by atoms with Crippen LogP contribution in [0.3, 0.4) is 0 Å². The molecule has 0 radical (unpaired) electrons. The molecule has 0 fully saturated rings. The molecule has 0 aliphatic heterocycles. The number of hydrogen-bond acceptors (Lipinski definition) is 0. The fourth-order valence-corrected chi connectivity index (χ4v) is 3.01. The van der Waals surface area contributed by atoms with Crippen LogP contribution in [0.2, 0.25) is 4.73 Å². The average Bonchev–Trinajstić information content (AvgIpc) is 2.39. The van der Waals surface area contributed by atoms with Crippen LogP contribution in [-0.4, -0.2) is 0 Å². The van der Waals surface area contributed by atoms with Crippen molar-refractivity contribution in [2.45, 2.75) is 108 Å². The zero-order valence-electron chi connectivity index (χ0n) is 13.7. The molecule has 0 nitrogen and oxygen atoms in total. The summed E-state index contributed by atoms with van der Waals surface area (Å²) in [5.41, 5.74) is 0. The van der Waals surface area contributed by atoms with Gasteiger partial charge >= 0.3 is 95.8 Å². The van der Waals surface area contributed by atoms with Crippen LogP contribution in [0.15, 0.2) is 0 Å². The van der Waals surface area contributed by atoms with Crippen molar-refractivity contribution in [1.29, 1.82) is 0 Å². The van der Waals surface area contributed by atoms with E-state index in [2.05, 4.69) is 34.3 Å². The Morgan fingerprint density at radius 2 is 0.842 bits per heavy atom. The van der Waals surface area contributed by atoms with E-state index in [9.17, 15) is 0 Å². The van der Waals surface area contributed by atoms with Gasteiger partial charge in [-0.15, -0.1) is 0 Å². The molecule has 1 heteroatoms. The first-order valence-corrected chi connectivity index (χ1v) is 10.0. The van der Waals surface area contributed by atoms with E-state index in [1.54, 1.807) is 0 Å². The molecule has 0 aliphatic carbocycles. The predicted octanol–water partition coefficient (Wildman–Crippen LogP) is 7.07. The number of unbranched alkanes of at least 4 members (excludes halogenated alkanes) is 12. The summed E-state index contributed by atoms with van der Waals surface area (Å²) in [7, 11) is 0. The maximum absolute atomic E-state index is 2.34. The molecule has 0 bridgehead atoms. The first-order chi connectivity index (χ1) is 9.27. The van der Waals surface area contributed by atoms with Crippen LogP contribution < -0.4 is 0 Å². The summed E-state index contributed by atoms with van der Waals surface area (Å²) in [5.74, 6) is 0.900. The van der Waals surface area contributed by atoms with Crippen molar-refractivity contribution in [2.75, 3.05) is 0 Å². The molecule has 0 aromatic heterocycles. The quantitative estimate of drug-likeness (QED) is 0.224. The molecule has 0 aromatic rings. The van der Waals surface area contributed by atoms with Gasteiger partial charge in [-0.25, -0.2) is 0 Å². The monoisotopic (exact) mass is 301 g/mol. The van der Waals surface area contributed by atoms with E-state index in [-0.39, 0.29) is 0 Å². The molecular formula is C18H37Ti. The van der Waals surface area contributed by atoms with Gasteiger partial charge in [-0.2, -0.15) is 0 Å². The molecule has 0 saturated heterocycles. The van der Waals surface area contributed by atoms with Crippen LogP contribution in [0, 0.1) is 5.92 Å². The van der Waals surface area contributed by atoms with Crippen molar-refractivity contribution in [3.63, 3.8) is 0 Å². The molecule has 0 amide bonds. The Bertz CT molecular complexity index is 154. The van der Waals surface area contributed by atoms with Gasteiger partial charge in [-0.1, -0.05) is 33.1 Å². The molecule has 0 saturated carbocycles. The van der Waals surface area contributed by atoms with Crippen molar-refractivity contribution in [2.24, 2.45) is 5.92 Å². The zero-order valence-corrected chi connectivity index (χ0v) is 15.2.